The van der Waals surface area contributed by atoms with Crippen molar-refractivity contribution in [2.45, 2.75) is 213 Å². The first-order valence-electron chi connectivity index (χ1n) is 19.0. The van der Waals surface area contributed by atoms with Crippen molar-refractivity contribution in [1.82, 2.24) is 0 Å². The minimum Gasteiger partial charge on any atom is -0.481 e. The molecule has 0 heterocycles. The van der Waals surface area contributed by atoms with Crippen LogP contribution in [-0.2, 0) is 9.59 Å². The molecule has 0 saturated carbocycles. The van der Waals surface area contributed by atoms with Gasteiger partial charge in [-0.2, -0.15) is 11.8 Å². The maximum Gasteiger partial charge on any atom is 0.310 e. The summed E-state index contributed by atoms with van der Waals surface area (Å²) in [6.45, 7) is 4.54. The summed E-state index contributed by atoms with van der Waals surface area (Å²) < 4.78 is 0. The normalized spacial score (nSPS) is 12.9. The lowest BCUT2D eigenvalue weighted by Gasteiger charge is -2.29. The molecule has 1 unspecified atom stereocenters. The Morgan fingerprint density at radius 3 is 1.00 bits per heavy atom. The highest BCUT2D eigenvalue weighted by molar-refractivity contribution is 7.99. The van der Waals surface area contributed by atoms with E-state index in [9.17, 15) is 14.7 Å². The van der Waals surface area contributed by atoms with E-state index in [0.29, 0.717) is 11.5 Å². The van der Waals surface area contributed by atoms with Gasteiger partial charge in [0.25, 0.3) is 0 Å². The maximum atomic E-state index is 12.5. The summed E-state index contributed by atoms with van der Waals surface area (Å²) in [5, 5.41) is 19.3. The lowest BCUT2D eigenvalue weighted by atomic mass is 9.79. The Morgan fingerprint density at radius 2 is 0.744 bits per heavy atom. The van der Waals surface area contributed by atoms with Crippen LogP contribution in [0.3, 0.4) is 0 Å². The molecule has 5 heteroatoms. The summed E-state index contributed by atoms with van der Waals surface area (Å²) >= 11 is 1.53. The molecule has 0 aromatic rings. The summed E-state index contributed by atoms with van der Waals surface area (Å²) in [5.74, 6) is -0.416. The van der Waals surface area contributed by atoms with Crippen LogP contribution >= 0.6 is 11.8 Å². The summed E-state index contributed by atoms with van der Waals surface area (Å²) in [7, 11) is 0. The molecule has 0 amide bonds. The van der Waals surface area contributed by atoms with E-state index in [4.69, 9.17) is 5.11 Å². The van der Waals surface area contributed by atoms with Gasteiger partial charge in [-0.1, -0.05) is 194 Å². The fraction of sp³-hybridized carbons (Fsp3) is 0.947. The number of carboxylic acid groups (broad SMARTS) is 2. The van der Waals surface area contributed by atoms with Gasteiger partial charge in [-0.25, -0.2) is 0 Å². The molecule has 0 aromatic carbocycles. The van der Waals surface area contributed by atoms with Gasteiger partial charge in [-0.05, 0) is 12.8 Å². The summed E-state index contributed by atoms with van der Waals surface area (Å²) in [6, 6.07) is 0. The predicted molar refractivity (Wildman–Crippen MR) is 190 cm³/mol. The Kier molecular flexibility index (Phi) is 32.1. The largest absolute Gasteiger partial charge is 0.481 e. The van der Waals surface area contributed by atoms with Crippen LogP contribution in [-0.4, -0.2) is 33.7 Å². The number of thioether (sulfide) groups is 1. The molecule has 0 saturated heterocycles. The molecule has 0 aliphatic rings. The van der Waals surface area contributed by atoms with Crippen LogP contribution in [0, 0.1) is 5.41 Å². The minimum atomic E-state index is -0.799. The zero-order valence-corrected chi connectivity index (χ0v) is 29.8. The lowest BCUT2D eigenvalue weighted by Crippen LogP contribution is -2.34. The second-order valence-electron chi connectivity index (χ2n) is 13.5. The van der Waals surface area contributed by atoms with Crippen LogP contribution in [0.15, 0.2) is 0 Å². The van der Waals surface area contributed by atoms with Crippen molar-refractivity contribution >= 4 is 23.7 Å². The number of carbonyl (C=O) groups is 2. The van der Waals surface area contributed by atoms with Gasteiger partial charge < -0.3 is 10.2 Å². The number of unbranched alkanes of at least 4 members (excludes halogenated alkanes) is 26. The molecule has 0 aromatic heterocycles. The Balaban J connectivity index is 4.14. The summed E-state index contributed by atoms with van der Waals surface area (Å²) in [6.07, 6.45) is 38.1. The zero-order chi connectivity index (χ0) is 31.7. The molecule has 0 bridgehead atoms. The first kappa shape index (κ1) is 42.3. The standard InChI is InChI=1S/C38H74O4S/c1-3-5-7-9-11-13-15-17-18-19-20-22-24-26-28-30-33-38(37(41)42,35-43-34-31-36(39)40)32-29-27-25-23-21-16-14-12-10-8-6-4-2/h3-35H2,1-2H3,(H,39,40)(H,41,42). The van der Waals surface area contributed by atoms with Crippen LogP contribution < -0.4 is 0 Å². The summed E-state index contributed by atoms with van der Waals surface area (Å²) in [5.41, 5.74) is -0.697. The molecular formula is C38H74O4S. The van der Waals surface area contributed by atoms with Crippen molar-refractivity contribution in [1.29, 1.82) is 0 Å². The monoisotopic (exact) mass is 627 g/mol. The van der Waals surface area contributed by atoms with E-state index < -0.39 is 17.4 Å². The third-order valence-corrected chi connectivity index (χ3v) is 10.6. The number of carboxylic acids is 2. The number of aliphatic carboxylic acids is 2. The third-order valence-electron chi connectivity index (χ3n) is 9.31. The van der Waals surface area contributed by atoms with Gasteiger partial charge in [-0.3, -0.25) is 9.59 Å². The second-order valence-corrected chi connectivity index (χ2v) is 14.6. The molecule has 4 nitrogen and oxygen atoms in total. The van der Waals surface area contributed by atoms with Crippen LogP contribution in [0.1, 0.15) is 213 Å². The van der Waals surface area contributed by atoms with Gasteiger partial charge in [0.1, 0.15) is 0 Å². The lowest BCUT2D eigenvalue weighted by molar-refractivity contribution is -0.148. The van der Waals surface area contributed by atoms with Gasteiger partial charge in [0.05, 0.1) is 11.8 Å². The topological polar surface area (TPSA) is 74.6 Å². The maximum absolute atomic E-state index is 12.5. The Hall–Kier alpha value is -0.710. The molecule has 0 fully saturated rings. The van der Waals surface area contributed by atoms with E-state index >= 15 is 0 Å². The molecular weight excluding hydrogens is 552 g/mol. The Morgan fingerprint density at radius 1 is 0.465 bits per heavy atom. The average Bonchev–Trinajstić information content (AvgIpc) is 2.99. The van der Waals surface area contributed by atoms with E-state index in [1.807, 2.05) is 0 Å². The van der Waals surface area contributed by atoms with Gasteiger partial charge >= 0.3 is 11.9 Å². The highest BCUT2D eigenvalue weighted by Crippen LogP contribution is 2.36. The molecule has 0 aliphatic heterocycles. The Labute approximate surface area is 272 Å². The van der Waals surface area contributed by atoms with E-state index in [-0.39, 0.29) is 6.42 Å². The van der Waals surface area contributed by atoms with Crippen LogP contribution in [0.5, 0.6) is 0 Å². The molecule has 43 heavy (non-hydrogen) atoms. The smallest absolute Gasteiger partial charge is 0.310 e. The van der Waals surface area contributed by atoms with E-state index in [2.05, 4.69) is 13.8 Å². The quantitative estimate of drug-likeness (QED) is 0.0677. The Bertz CT molecular complexity index is 611. The zero-order valence-electron chi connectivity index (χ0n) is 29.0. The molecule has 2 N–H and O–H groups in total. The third kappa shape index (κ3) is 28.5. The van der Waals surface area contributed by atoms with Crippen LogP contribution in [0.25, 0.3) is 0 Å². The van der Waals surface area contributed by atoms with Gasteiger partial charge in [0, 0.05) is 11.5 Å². The average molecular weight is 627 g/mol. The van der Waals surface area contributed by atoms with Crippen molar-refractivity contribution < 1.29 is 19.8 Å². The van der Waals surface area contributed by atoms with Crippen molar-refractivity contribution in [2.24, 2.45) is 5.41 Å². The molecule has 1 atom stereocenters. The molecule has 256 valence electrons. The van der Waals surface area contributed by atoms with E-state index in [1.54, 1.807) is 0 Å². The van der Waals surface area contributed by atoms with Gasteiger partial charge in [-0.15, -0.1) is 0 Å². The fourth-order valence-electron chi connectivity index (χ4n) is 6.29. The van der Waals surface area contributed by atoms with Crippen LogP contribution in [0.2, 0.25) is 0 Å². The minimum absolute atomic E-state index is 0.109. The second kappa shape index (κ2) is 32.7. The van der Waals surface area contributed by atoms with Crippen molar-refractivity contribution in [3.05, 3.63) is 0 Å². The molecule has 0 radical (unpaired) electrons. The first-order chi connectivity index (χ1) is 21.0. The van der Waals surface area contributed by atoms with E-state index in [0.717, 1.165) is 38.5 Å². The molecule has 0 rings (SSSR count). The van der Waals surface area contributed by atoms with Crippen molar-refractivity contribution in [3.8, 4) is 0 Å². The summed E-state index contributed by atoms with van der Waals surface area (Å²) in [4.78, 5) is 23.5. The molecule has 0 spiro atoms. The number of hydrogen-bond acceptors (Lipinski definition) is 3. The molecule has 0 aliphatic carbocycles. The van der Waals surface area contributed by atoms with Crippen LogP contribution in [0.4, 0.5) is 0 Å². The first-order valence-corrected chi connectivity index (χ1v) is 20.2. The predicted octanol–water partition coefficient (Wildman–Crippen LogP) is 13.0. The highest BCUT2D eigenvalue weighted by atomic mass is 32.2. The van der Waals surface area contributed by atoms with Gasteiger partial charge in [0.2, 0.25) is 0 Å². The van der Waals surface area contributed by atoms with E-state index in [1.165, 1.54) is 166 Å². The van der Waals surface area contributed by atoms with Crippen molar-refractivity contribution in [3.63, 3.8) is 0 Å². The number of rotatable bonds is 36. The fourth-order valence-corrected chi connectivity index (χ4v) is 7.55. The SMILES string of the molecule is CCCCCCCCCCCCCCCCCCC(CCCCCCCCCCCCCC)(CSCCC(=O)O)C(=O)O. The number of hydrogen-bond donors (Lipinski definition) is 2. The van der Waals surface area contributed by atoms with Gasteiger partial charge in [0.15, 0.2) is 0 Å². The van der Waals surface area contributed by atoms with Crippen molar-refractivity contribution in [2.75, 3.05) is 11.5 Å². The highest BCUT2D eigenvalue weighted by Gasteiger charge is 2.37.